The van der Waals surface area contributed by atoms with E-state index in [0.29, 0.717) is 6.42 Å². The predicted molar refractivity (Wildman–Crippen MR) is 64.8 cm³/mol. The number of aliphatic carboxylic acids is 1. The Morgan fingerprint density at radius 3 is 2.81 bits per heavy atom. The summed E-state index contributed by atoms with van der Waals surface area (Å²) in [5.41, 5.74) is 4.49. The number of nitrogens with two attached hydrogens (primary N) is 1. The van der Waals surface area contributed by atoms with Gasteiger partial charge in [0.05, 0.1) is 0 Å². The first-order chi connectivity index (χ1) is 7.31. The van der Waals surface area contributed by atoms with E-state index in [2.05, 4.69) is 9.36 Å². The summed E-state index contributed by atoms with van der Waals surface area (Å²) >= 11 is 2.84. The molecule has 1 rings (SSSR count). The Hall–Kier alpha value is -0.660. The molecular weight excluding hydrogens is 246 g/mol. The van der Waals surface area contributed by atoms with Crippen LogP contribution < -0.4 is 5.73 Å². The van der Waals surface area contributed by atoms with E-state index in [-0.39, 0.29) is 5.25 Å². The molecule has 1 aromatic heterocycles. The third-order valence-corrected chi connectivity index (χ3v) is 3.99. The second kappa shape index (κ2) is 5.11. The van der Waals surface area contributed by atoms with Crippen molar-refractivity contribution in [3.8, 4) is 0 Å². The number of hydrogen-bond acceptors (Lipinski definition) is 6. The summed E-state index contributed by atoms with van der Waals surface area (Å²) in [6.45, 7) is 5.29. The van der Waals surface area contributed by atoms with Crippen molar-refractivity contribution in [1.82, 2.24) is 9.36 Å². The van der Waals surface area contributed by atoms with E-state index in [1.807, 2.05) is 13.8 Å². The van der Waals surface area contributed by atoms with Crippen LogP contribution in [-0.2, 0) is 4.79 Å². The normalized spacial score (nSPS) is 16.8. The number of aryl methyl sites for hydroxylation is 1. The van der Waals surface area contributed by atoms with E-state index in [9.17, 15) is 4.79 Å². The maximum absolute atomic E-state index is 10.9. The number of aromatic nitrogens is 2. The summed E-state index contributed by atoms with van der Waals surface area (Å²) in [6.07, 6.45) is 0.394. The zero-order chi connectivity index (χ0) is 12.3. The van der Waals surface area contributed by atoms with E-state index in [1.54, 1.807) is 0 Å². The first-order valence-corrected chi connectivity index (χ1v) is 6.46. The van der Waals surface area contributed by atoms with Crippen LogP contribution in [0.1, 0.15) is 26.1 Å². The lowest BCUT2D eigenvalue weighted by molar-refractivity contribution is -0.142. The van der Waals surface area contributed by atoms with Crippen molar-refractivity contribution >= 4 is 29.3 Å². The molecule has 0 aliphatic carbocycles. The van der Waals surface area contributed by atoms with Crippen molar-refractivity contribution in [3.05, 3.63) is 5.82 Å². The largest absolute Gasteiger partial charge is 0.480 e. The van der Waals surface area contributed by atoms with Crippen LogP contribution in [0.3, 0.4) is 0 Å². The summed E-state index contributed by atoms with van der Waals surface area (Å²) in [5.74, 6) is -0.234. The number of carboxylic acids is 1. The van der Waals surface area contributed by atoms with Gasteiger partial charge in [0.25, 0.3) is 0 Å². The number of carboxylic acid groups (broad SMARTS) is 1. The second-order valence-electron chi connectivity index (χ2n) is 3.96. The van der Waals surface area contributed by atoms with Gasteiger partial charge in [0.1, 0.15) is 11.4 Å². The van der Waals surface area contributed by atoms with Crippen LogP contribution in [-0.4, -0.2) is 31.2 Å². The van der Waals surface area contributed by atoms with E-state index in [4.69, 9.17) is 10.8 Å². The van der Waals surface area contributed by atoms with E-state index in [0.717, 1.165) is 10.2 Å². The molecule has 0 aliphatic rings. The van der Waals surface area contributed by atoms with Gasteiger partial charge in [-0.1, -0.05) is 18.7 Å². The van der Waals surface area contributed by atoms with E-state index < -0.39 is 11.5 Å². The standard InChI is InChI=1S/C9H15N3O2S2/c1-5(4-9(3,10)7(13)14)15-8-11-6(2)12-16-8/h5H,4,10H2,1-3H3,(H,13,14). The molecule has 2 atom stereocenters. The summed E-state index contributed by atoms with van der Waals surface area (Å²) < 4.78 is 4.92. The molecule has 1 heterocycles. The van der Waals surface area contributed by atoms with Crippen molar-refractivity contribution in [3.63, 3.8) is 0 Å². The number of nitrogens with zero attached hydrogens (tertiary/aromatic N) is 2. The molecule has 0 amide bonds. The number of hydrogen-bond donors (Lipinski definition) is 2. The molecule has 0 radical (unpaired) electrons. The summed E-state index contributed by atoms with van der Waals surface area (Å²) in [6, 6.07) is 0. The maximum Gasteiger partial charge on any atom is 0.323 e. The fourth-order valence-electron chi connectivity index (χ4n) is 1.22. The Kier molecular flexibility index (Phi) is 4.28. The van der Waals surface area contributed by atoms with Gasteiger partial charge in [0.15, 0.2) is 4.34 Å². The fourth-order valence-corrected chi connectivity index (χ4v) is 3.38. The SMILES string of the molecule is Cc1nsc(SC(C)CC(C)(N)C(=O)O)n1. The van der Waals surface area contributed by atoms with Gasteiger partial charge in [-0.3, -0.25) is 4.79 Å². The van der Waals surface area contributed by atoms with Crippen molar-refractivity contribution in [2.75, 3.05) is 0 Å². The number of carbonyl (C=O) groups is 1. The second-order valence-corrected chi connectivity index (χ2v) is 6.40. The predicted octanol–water partition coefficient (Wildman–Crippen LogP) is 1.52. The van der Waals surface area contributed by atoms with Crippen LogP contribution in [0.2, 0.25) is 0 Å². The van der Waals surface area contributed by atoms with Gasteiger partial charge in [-0.2, -0.15) is 4.37 Å². The first-order valence-electron chi connectivity index (χ1n) is 4.80. The highest BCUT2D eigenvalue weighted by atomic mass is 32.2. The first kappa shape index (κ1) is 13.4. The number of thioether (sulfide) groups is 1. The fraction of sp³-hybridized carbons (Fsp3) is 0.667. The lowest BCUT2D eigenvalue weighted by atomic mass is 9.98. The van der Waals surface area contributed by atoms with Gasteiger partial charge < -0.3 is 10.8 Å². The molecule has 0 bridgehead atoms. The molecule has 16 heavy (non-hydrogen) atoms. The Balaban J connectivity index is 2.54. The molecule has 0 aromatic carbocycles. The quantitative estimate of drug-likeness (QED) is 0.781. The molecule has 5 nitrogen and oxygen atoms in total. The van der Waals surface area contributed by atoms with Gasteiger partial charge >= 0.3 is 5.97 Å². The van der Waals surface area contributed by atoms with Crippen LogP contribution >= 0.6 is 23.3 Å². The molecule has 0 aliphatic heterocycles. The molecule has 0 spiro atoms. The average Bonchev–Trinajstić information content (AvgIpc) is 2.49. The summed E-state index contributed by atoms with van der Waals surface area (Å²) in [4.78, 5) is 15.1. The van der Waals surface area contributed by atoms with Crippen molar-refractivity contribution < 1.29 is 9.90 Å². The highest BCUT2D eigenvalue weighted by Crippen LogP contribution is 2.29. The van der Waals surface area contributed by atoms with Gasteiger partial charge in [0.2, 0.25) is 0 Å². The number of rotatable bonds is 5. The summed E-state index contributed by atoms with van der Waals surface area (Å²) in [5, 5.41) is 9.00. The third-order valence-electron chi connectivity index (χ3n) is 2.01. The van der Waals surface area contributed by atoms with E-state index >= 15 is 0 Å². The maximum atomic E-state index is 10.9. The van der Waals surface area contributed by atoms with Crippen molar-refractivity contribution in [2.24, 2.45) is 5.73 Å². The van der Waals surface area contributed by atoms with Gasteiger partial charge in [-0.05, 0) is 31.8 Å². The molecule has 90 valence electrons. The molecule has 3 N–H and O–H groups in total. The lowest BCUT2D eigenvalue weighted by Gasteiger charge is -2.22. The lowest BCUT2D eigenvalue weighted by Crippen LogP contribution is -2.46. The minimum atomic E-state index is -1.19. The Labute approximate surface area is 103 Å². The molecule has 1 aromatic rings. The minimum Gasteiger partial charge on any atom is -0.480 e. The smallest absolute Gasteiger partial charge is 0.323 e. The third kappa shape index (κ3) is 3.73. The zero-order valence-corrected chi connectivity index (χ0v) is 11.1. The molecule has 7 heteroatoms. The Morgan fingerprint density at radius 2 is 2.38 bits per heavy atom. The van der Waals surface area contributed by atoms with Gasteiger partial charge in [-0.25, -0.2) is 4.98 Å². The molecule has 0 fully saturated rings. The van der Waals surface area contributed by atoms with E-state index in [1.165, 1.54) is 30.2 Å². The van der Waals surface area contributed by atoms with Crippen LogP contribution in [0.15, 0.2) is 4.34 Å². The highest BCUT2D eigenvalue weighted by Gasteiger charge is 2.30. The van der Waals surface area contributed by atoms with Crippen molar-refractivity contribution in [2.45, 2.75) is 42.3 Å². The van der Waals surface area contributed by atoms with Crippen LogP contribution in [0.4, 0.5) is 0 Å². The molecule has 2 unspecified atom stereocenters. The minimum absolute atomic E-state index is 0.0958. The topological polar surface area (TPSA) is 89.1 Å². The molecule has 0 saturated carbocycles. The summed E-state index contributed by atoms with van der Waals surface area (Å²) in [7, 11) is 0. The average molecular weight is 261 g/mol. The van der Waals surface area contributed by atoms with Crippen LogP contribution in [0, 0.1) is 6.92 Å². The van der Waals surface area contributed by atoms with Gasteiger partial charge in [-0.15, -0.1) is 0 Å². The Bertz CT molecular complexity index is 379. The van der Waals surface area contributed by atoms with Crippen LogP contribution in [0.5, 0.6) is 0 Å². The Morgan fingerprint density at radius 1 is 1.75 bits per heavy atom. The monoisotopic (exact) mass is 261 g/mol. The van der Waals surface area contributed by atoms with Gasteiger partial charge in [0, 0.05) is 5.25 Å². The molecular formula is C9H15N3O2S2. The zero-order valence-electron chi connectivity index (χ0n) is 9.43. The molecule has 0 saturated heterocycles. The van der Waals surface area contributed by atoms with Crippen LogP contribution in [0.25, 0.3) is 0 Å². The van der Waals surface area contributed by atoms with Crippen molar-refractivity contribution in [1.29, 1.82) is 0 Å². The highest BCUT2D eigenvalue weighted by molar-refractivity contribution is 8.01.